The van der Waals surface area contributed by atoms with Crippen molar-refractivity contribution in [2.75, 3.05) is 14.1 Å². The number of nitrogens with zero attached hydrogens (tertiary/aromatic N) is 4. The van der Waals surface area contributed by atoms with Gasteiger partial charge in [-0.3, -0.25) is 4.79 Å². The number of quaternary nitrogens is 1. The molecular weight excluding hydrogens is 278 g/mol. The van der Waals surface area contributed by atoms with Gasteiger partial charge in [-0.2, -0.15) is 20.3 Å². The predicted molar refractivity (Wildman–Crippen MR) is 86.5 cm³/mol. The van der Waals surface area contributed by atoms with Crippen LogP contribution in [0.25, 0.3) is 0 Å². The summed E-state index contributed by atoms with van der Waals surface area (Å²) in [5.41, 5.74) is 2.83. The van der Waals surface area contributed by atoms with Gasteiger partial charge in [-0.15, -0.1) is 0 Å². The topological polar surface area (TPSA) is 61.8 Å². The highest BCUT2D eigenvalue weighted by Crippen LogP contribution is 2.21. The van der Waals surface area contributed by atoms with Gasteiger partial charge >= 0.3 is 0 Å². The number of nitrogens with one attached hydrogen (secondary N) is 1. The number of carbonyl (C=O) groups is 1. The zero-order chi connectivity index (χ0) is 16.3. The Hall–Kier alpha value is -2.60. The molecular formula is C16H20N5O+. The molecule has 0 radical (unpaired) electrons. The van der Waals surface area contributed by atoms with E-state index in [4.69, 9.17) is 0 Å². The molecule has 1 aliphatic rings. The van der Waals surface area contributed by atoms with E-state index in [1.807, 2.05) is 38.4 Å². The third kappa shape index (κ3) is 3.17. The second kappa shape index (κ2) is 6.44. The van der Waals surface area contributed by atoms with Crippen LogP contribution in [0.5, 0.6) is 0 Å². The summed E-state index contributed by atoms with van der Waals surface area (Å²) in [7, 11) is 4.07. The zero-order valence-corrected chi connectivity index (χ0v) is 13.1. The highest BCUT2D eigenvalue weighted by Gasteiger charge is 2.34. The summed E-state index contributed by atoms with van der Waals surface area (Å²) in [5, 5.41) is 13.7. The van der Waals surface area contributed by atoms with Crippen LogP contribution in [0.2, 0.25) is 0 Å². The molecule has 0 fully saturated rings. The van der Waals surface area contributed by atoms with Crippen molar-refractivity contribution in [3.05, 3.63) is 49.2 Å². The molecule has 1 aliphatic heterocycles. The molecule has 0 aromatic heterocycles. The van der Waals surface area contributed by atoms with Crippen molar-refractivity contribution in [3.63, 3.8) is 0 Å². The number of hydrogen-bond acceptors (Lipinski definition) is 4. The Morgan fingerprint density at radius 2 is 2.18 bits per heavy atom. The van der Waals surface area contributed by atoms with E-state index in [9.17, 15) is 4.79 Å². The van der Waals surface area contributed by atoms with Crippen LogP contribution in [-0.2, 0) is 4.79 Å². The first kappa shape index (κ1) is 15.8. The third-order valence-electron chi connectivity index (χ3n) is 3.32. The number of hydrogen-bond donors (Lipinski definition) is 1. The Kier molecular flexibility index (Phi) is 4.62. The van der Waals surface area contributed by atoms with Gasteiger partial charge in [0.15, 0.2) is 6.04 Å². The quantitative estimate of drug-likeness (QED) is 0.654. The minimum atomic E-state index is -0.702. The Balaban J connectivity index is 2.19. The van der Waals surface area contributed by atoms with Gasteiger partial charge in [0.25, 0.3) is 5.91 Å². The van der Waals surface area contributed by atoms with Crippen molar-refractivity contribution in [2.24, 2.45) is 15.3 Å². The fourth-order valence-corrected chi connectivity index (χ4v) is 1.98. The number of carbonyl (C=O) groups excluding carboxylic acids is 1. The average Bonchev–Trinajstić information content (AvgIpc) is 2.79. The third-order valence-corrected chi connectivity index (χ3v) is 3.32. The monoisotopic (exact) mass is 298 g/mol. The molecule has 1 amide bonds. The first-order valence-corrected chi connectivity index (χ1v) is 6.96. The largest absolute Gasteiger partial charge is 0.307 e. The zero-order valence-electron chi connectivity index (χ0n) is 13.1. The Morgan fingerprint density at radius 3 is 2.82 bits per heavy atom. The Bertz CT molecular complexity index is 675. The van der Waals surface area contributed by atoms with Gasteiger partial charge in [-0.25, -0.2) is 0 Å². The summed E-state index contributed by atoms with van der Waals surface area (Å²) in [5.74, 6) is -0.263. The van der Waals surface area contributed by atoms with E-state index in [1.165, 1.54) is 16.0 Å². The molecule has 6 heteroatoms. The molecule has 0 spiro atoms. The van der Waals surface area contributed by atoms with Crippen molar-refractivity contribution in [1.29, 1.82) is 0 Å². The Morgan fingerprint density at radius 1 is 1.45 bits per heavy atom. The molecule has 114 valence electrons. The maximum Gasteiger partial charge on any atom is 0.280 e. The molecule has 0 saturated heterocycles. The molecule has 1 heterocycles. The number of benzene rings is 1. The number of amides is 1. The summed E-state index contributed by atoms with van der Waals surface area (Å²) in [6, 6.07) is 7.01. The maximum absolute atomic E-state index is 12.3. The van der Waals surface area contributed by atoms with Crippen molar-refractivity contribution >= 4 is 23.0 Å². The molecule has 1 atom stereocenters. The first-order valence-electron chi connectivity index (χ1n) is 6.96. The smallest absolute Gasteiger partial charge is 0.280 e. The normalized spacial score (nSPS) is 18.2. The minimum absolute atomic E-state index is 0.263. The molecule has 22 heavy (non-hydrogen) atoms. The van der Waals surface area contributed by atoms with Crippen LogP contribution in [0, 0.1) is 0 Å². The second-order valence-electron chi connectivity index (χ2n) is 5.26. The fraction of sp³-hybridized carbons (Fsp3) is 0.250. The standard InChI is InChI=1S/C16H19N5O/c1-6-11(2)21-16(22)15(12(3)19-21)18-17-13-8-7-9-14(10-13)20(4)5/h6-10,15H,1-2H2,3-5H3/p+1. The maximum atomic E-state index is 12.3. The lowest BCUT2D eigenvalue weighted by molar-refractivity contribution is -0.786. The van der Waals surface area contributed by atoms with Gasteiger partial charge in [-0.1, -0.05) is 19.2 Å². The van der Waals surface area contributed by atoms with E-state index >= 15 is 0 Å². The molecule has 0 saturated carbocycles. The lowest BCUT2D eigenvalue weighted by Gasteiger charge is -2.11. The summed E-state index contributed by atoms with van der Waals surface area (Å²) < 4.78 is 0. The van der Waals surface area contributed by atoms with E-state index in [0.717, 1.165) is 5.69 Å². The molecule has 6 nitrogen and oxygen atoms in total. The van der Waals surface area contributed by atoms with E-state index < -0.39 is 6.04 Å². The molecule has 1 aromatic rings. The summed E-state index contributed by atoms with van der Waals surface area (Å²) in [4.78, 5) is 13.5. The van der Waals surface area contributed by atoms with Crippen molar-refractivity contribution in [1.82, 2.24) is 5.01 Å². The van der Waals surface area contributed by atoms with Crippen molar-refractivity contribution in [2.45, 2.75) is 13.0 Å². The molecule has 1 aromatic carbocycles. The summed E-state index contributed by atoms with van der Waals surface area (Å²) >= 11 is 0. The number of azo groups is 1. The van der Waals surface area contributed by atoms with E-state index in [2.05, 4.69) is 28.5 Å². The fourth-order valence-electron chi connectivity index (χ4n) is 1.98. The van der Waals surface area contributed by atoms with Crippen LogP contribution >= 0.6 is 0 Å². The number of allylic oxidation sites excluding steroid dienone is 1. The van der Waals surface area contributed by atoms with E-state index in [1.54, 1.807) is 6.92 Å². The lowest BCUT2D eigenvalue weighted by Crippen LogP contribution is -3.00. The SMILES string of the molecule is C=CC(=C)N1N=C(C)C(N=Nc2cccc([NH+](C)C)c2)C1=O. The number of rotatable bonds is 5. The van der Waals surface area contributed by atoms with Crippen LogP contribution in [0.1, 0.15) is 6.92 Å². The summed E-state index contributed by atoms with van der Waals surface area (Å²) in [6.45, 7) is 9.07. The van der Waals surface area contributed by atoms with Crippen molar-refractivity contribution < 1.29 is 9.69 Å². The molecule has 1 unspecified atom stereocenters. The van der Waals surface area contributed by atoms with Crippen LogP contribution in [0.15, 0.2) is 64.5 Å². The van der Waals surface area contributed by atoms with E-state index in [-0.39, 0.29) is 5.91 Å². The van der Waals surface area contributed by atoms with Gasteiger partial charge in [0.1, 0.15) is 5.69 Å². The Labute approximate surface area is 130 Å². The first-order chi connectivity index (χ1) is 10.4. The van der Waals surface area contributed by atoms with Gasteiger partial charge in [0.2, 0.25) is 0 Å². The summed E-state index contributed by atoms with van der Waals surface area (Å²) in [6.07, 6.45) is 1.48. The minimum Gasteiger partial charge on any atom is -0.307 e. The van der Waals surface area contributed by atoms with Crippen LogP contribution in [0.4, 0.5) is 11.4 Å². The van der Waals surface area contributed by atoms with Crippen molar-refractivity contribution in [3.8, 4) is 0 Å². The van der Waals surface area contributed by atoms with E-state index in [0.29, 0.717) is 17.1 Å². The molecule has 2 rings (SSSR count). The predicted octanol–water partition coefficient (Wildman–Crippen LogP) is 1.83. The van der Waals surface area contributed by atoms with Crippen LogP contribution in [0.3, 0.4) is 0 Å². The van der Waals surface area contributed by atoms with Gasteiger partial charge in [0, 0.05) is 6.07 Å². The van der Waals surface area contributed by atoms with Crippen LogP contribution < -0.4 is 4.90 Å². The van der Waals surface area contributed by atoms with Gasteiger partial charge in [0.05, 0.1) is 31.2 Å². The van der Waals surface area contributed by atoms with Gasteiger partial charge < -0.3 is 4.90 Å². The molecule has 0 bridgehead atoms. The number of hydrazone groups is 1. The lowest BCUT2D eigenvalue weighted by atomic mass is 10.2. The molecule has 1 N–H and O–H groups in total. The average molecular weight is 298 g/mol. The highest BCUT2D eigenvalue weighted by molar-refractivity contribution is 6.11. The van der Waals surface area contributed by atoms with Gasteiger partial charge in [-0.05, 0) is 25.1 Å². The highest BCUT2D eigenvalue weighted by atomic mass is 16.2. The molecule has 0 aliphatic carbocycles. The van der Waals surface area contributed by atoms with Crippen LogP contribution in [-0.4, -0.2) is 36.8 Å². The second-order valence-corrected chi connectivity index (χ2v) is 5.26.